The summed E-state index contributed by atoms with van der Waals surface area (Å²) in [6, 6.07) is 1.52. The number of nitrogens with zero attached hydrogens (tertiary/aromatic N) is 2. The van der Waals surface area contributed by atoms with Crippen LogP contribution in [0.25, 0.3) is 0 Å². The zero-order valence-corrected chi connectivity index (χ0v) is 11.2. The van der Waals surface area contributed by atoms with Crippen LogP contribution in [0.4, 0.5) is 0 Å². The number of aliphatic hydroxyl groups is 1. The highest BCUT2D eigenvalue weighted by Gasteiger charge is 2.31. The van der Waals surface area contributed by atoms with E-state index in [1.165, 1.54) is 13.0 Å². The molecule has 0 aliphatic rings. The monoisotopic (exact) mass is 238 g/mol. The van der Waals surface area contributed by atoms with Crippen molar-refractivity contribution >= 4 is 5.78 Å². The molecule has 4 heteroatoms. The molecule has 0 aliphatic heterocycles. The molecule has 0 aliphatic carbocycles. The van der Waals surface area contributed by atoms with Gasteiger partial charge < -0.3 is 5.11 Å². The molecule has 0 radical (unpaired) electrons. The Morgan fingerprint density at radius 2 is 1.94 bits per heavy atom. The maximum atomic E-state index is 11.6. The SMILES string of the molecule is CC(=O)[C@H]([C@H](O)[C@H](C)/C=C/C#N)N(C)C(C)C. The third-order valence-corrected chi connectivity index (χ3v) is 3.01. The number of hydrogen-bond donors (Lipinski definition) is 1. The molecule has 0 aromatic rings. The fraction of sp³-hybridized carbons (Fsp3) is 0.692. The lowest BCUT2D eigenvalue weighted by Crippen LogP contribution is -2.51. The van der Waals surface area contributed by atoms with E-state index in [0.717, 1.165) is 0 Å². The molecule has 0 unspecified atom stereocenters. The first kappa shape index (κ1) is 15.8. The van der Waals surface area contributed by atoms with E-state index in [4.69, 9.17) is 5.26 Å². The molecule has 0 saturated carbocycles. The van der Waals surface area contributed by atoms with Crippen molar-refractivity contribution in [1.82, 2.24) is 4.90 Å². The van der Waals surface area contributed by atoms with Gasteiger partial charge in [-0.1, -0.05) is 13.0 Å². The highest BCUT2D eigenvalue weighted by Crippen LogP contribution is 2.16. The number of rotatable bonds is 6. The van der Waals surface area contributed by atoms with E-state index in [1.807, 2.05) is 31.9 Å². The number of carbonyl (C=O) groups is 1. The molecule has 0 fully saturated rings. The van der Waals surface area contributed by atoms with Crippen LogP contribution in [0, 0.1) is 17.2 Å². The van der Waals surface area contributed by atoms with Gasteiger partial charge in [-0.15, -0.1) is 0 Å². The third-order valence-electron chi connectivity index (χ3n) is 3.01. The number of carbonyl (C=O) groups excluding carboxylic acids is 1. The molecule has 0 spiro atoms. The first-order valence-corrected chi connectivity index (χ1v) is 5.79. The Hall–Kier alpha value is -1.18. The summed E-state index contributed by atoms with van der Waals surface area (Å²) in [6.45, 7) is 7.22. The van der Waals surface area contributed by atoms with Gasteiger partial charge >= 0.3 is 0 Å². The first-order chi connectivity index (χ1) is 7.82. The minimum absolute atomic E-state index is 0.0640. The van der Waals surface area contributed by atoms with Gasteiger partial charge in [0.15, 0.2) is 0 Å². The molecular formula is C13H22N2O2. The van der Waals surface area contributed by atoms with Crippen LogP contribution in [-0.2, 0) is 4.79 Å². The lowest BCUT2D eigenvalue weighted by Gasteiger charge is -2.34. The van der Waals surface area contributed by atoms with Gasteiger partial charge in [-0.2, -0.15) is 5.26 Å². The fourth-order valence-corrected chi connectivity index (χ4v) is 1.69. The zero-order valence-electron chi connectivity index (χ0n) is 11.2. The molecule has 0 aromatic heterocycles. The molecule has 1 N–H and O–H groups in total. The van der Waals surface area contributed by atoms with E-state index in [9.17, 15) is 9.90 Å². The van der Waals surface area contributed by atoms with E-state index in [1.54, 1.807) is 13.0 Å². The summed E-state index contributed by atoms with van der Waals surface area (Å²) in [7, 11) is 1.82. The third kappa shape index (κ3) is 4.68. The fourth-order valence-electron chi connectivity index (χ4n) is 1.69. The standard InChI is InChI=1S/C13H22N2O2/c1-9(2)15(5)12(11(4)16)13(17)10(3)7-6-8-14/h6-7,9-10,12-13,17H,1-5H3/b7-6+/t10-,12-,13-/m1/s1. The second-order valence-electron chi connectivity index (χ2n) is 4.65. The first-order valence-electron chi connectivity index (χ1n) is 5.79. The number of nitriles is 1. The number of hydrogen-bond acceptors (Lipinski definition) is 4. The molecule has 0 bridgehead atoms. The highest BCUT2D eigenvalue weighted by molar-refractivity contribution is 5.82. The van der Waals surface area contributed by atoms with Crippen molar-refractivity contribution in [2.75, 3.05) is 7.05 Å². The van der Waals surface area contributed by atoms with Crippen LogP contribution in [0.15, 0.2) is 12.2 Å². The van der Waals surface area contributed by atoms with Gasteiger partial charge in [0.2, 0.25) is 0 Å². The molecule has 0 heterocycles. The molecule has 0 saturated heterocycles. The predicted molar refractivity (Wildman–Crippen MR) is 67.3 cm³/mol. The summed E-state index contributed by atoms with van der Waals surface area (Å²) >= 11 is 0. The lowest BCUT2D eigenvalue weighted by atomic mass is 9.93. The highest BCUT2D eigenvalue weighted by atomic mass is 16.3. The minimum atomic E-state index is -0.801. The predicted octanol–water partition coefficient (Wildman–Crippen LogP) is 1.36. The van der Waals surface area contributed by atoms with Crippen LogP contribution in [0.5, 0.6) is 0 Å². The summed E-state index contributed by atoms with van der Waals surface area (Å²) in [5.74, 6) is -0.296. The van der Waals surface area contributed by atoms with Gasteiger partial charge in [0.05, 0.1) is 18.2 Å². The number of aliphatic hydroxyl groups excluding tert-OH is 1. The van der Waals surface area contributed by atoms with Crippen molar-refractivity contribution in [3.05, 3.63) is 12.2 Å². The smallest absolute Gasteiger partial charge is 0.149 e. The normalized spacial score (nSPS) is 17.1. The summed E-state index contributed by atoms with van der Waals surface area (Å²) in [4.78, 5) is 13.5. The summed E-state index contributed by atoms with van der Waals surface area (Å²) in [5.41, 5.74) is 0. The molecule has 0 amide bonds. The van der Waals surface area contributed by atoms with Crippen LogP contribution in [0.3, 0.4) is 0 Å². The molecule has 96 valence electrons. The van der Waals surface area contributed by atoms with E-state index >= 15 is 0 Å². The van der Waals surface area contributed by atoms with Crippen molar-refractivity contribution in [2.24, 2.45) is 5.92 Å². The molecule has 0 aromatic carbocycles. The van der Waals surface area contributed by atoms with Crippen molar-refractivity contribution < 1.29 is 9.90 Å². The Kier molecular flexibility index (Phi) is 6.71. The van der Waals surface area contributed by atoms with Gasteiger partial charge in [0.1, 0.15) is 5.78 Å². The number of likely N-dealkylation sites (N-methyl/N-ethyl adjacent to an activating group) is 1. The topological polar surface area (TPSA) is 64.3 Å². The second-order valence-corrected chi connectivity index (χ2v) is 4.65. The van der Waals surface area contributed by atoms with E-state index in [2.05, 4.69) is 0 Å². The molecular weight excluding hydrogens is 216 g/mol. The van der Waals surface area contributed by atoms with E-state index in [-0.39, 0.29) is 17.7 Å². The molecule has 3 atom stereocenters. The second kappa shape index (κ2) is 7.21. The van der Waals surface area contributed by atoms with Gasteiger partial charge in [-0.3, -0.25) is 9.69 Å². The maximum Gasteiger partial charge on any atom is 0.149 e. The van der Waals surface area contributed by atoms with Crippen molar-refractivity contribution in [2.45, 2.75) is 45.9 Å². The van der Waals surface area contributed by atoms with Gasteiger partial charge in [0.25, 0.3) is 0 Å². The minimum Gasteiger partial charge on any atom is -0.390 e. The Balaban J connectivity index is 4.90. The summed E-state index contributed by atoms with van der Waals surface area (Å²) < 4.78 is 0. The average molecular weight is 238 g/mol. The maximum absolute atomic E-state index is 11.6. The number of allylic oxidation sites excluding steroid dienone is 1. The van der Waals surface area contributed by atoms with Crippen LogP contribution in [0.2, 0.25) is 0 Å². The zero-order chi connectivity index (χ0) is 13.6. The number of ketones is 1. The van der Waals surface area contributed by atoms with Crippen molar-refractivity contribution in [3.8, 4) is 6.07 Å². The molecule has 4 nitrogen and oxygen atoms in total. The average Bonchev–Trinajstić information content (AvgIpc) is 2.24. The number of Topliss-reactive ketones (excluding diaryl/α,β-unsaturated/α-hetero) is 1. The Morgan fingerprint density at radius 3 is 2.29 bits per heavy atom. The summed E-state index contributed by atoms with van der Waals surface area (Å²) in [5, 5.41) is 18.6. The Bertz CT molecular complexity index is 318. The lowest BCUT2D eigenvalue weighted by molar-refractivity contribution is -0.127. The van der Waals surface area contributed by atoms with Crippen LogP contribution < -0.4 is 0 Å². The van der Waals surface area contributed by atoms with Crippen LogP contribution in [0.1, 0.15) is 27.7 Å². The van der Waals surface area contributed by atoms with Gasteiger partial charge in [-0.05, 0) is 27.8 Å². The molecule has 17 heavy (non-hydrogen) atoms. The quantitative estimate of drug-likeness (QED) is 0.710. The Morgan fingerprint density at radius 1 is 1.41 bits per heavy atom. The van der Waals surface area contributed by atoms with E-state index < -0.39 is 12.1 Å². The molecule has 0 rings (SSSR count). The van der Waals surface area contributed by atoms with E-state index in [0.29, 0.717) is 0 Å². The van der Waals surface area contributed by atoms with Crippen LogP contribution in [-0.4, -0.2) is 41.0 Å². The van der Waals surface area contributed by atoms with Crippen LogP contribution >= 0.6 is 0 Å². The van der Waals surface area contributed by atoms with Gasteiger partial charge in [-0.25, -0.2) is 0 Å². The van der Waals surface area contributed by atoms with Crippen molar-refractivity contribution in [1.29, 1.82) is 5.26 Å². The Labute approximate surface area is 104 Å². The van der Waals surface area contributed by atoms with Gasteiger partial charge in [0, 0.05) is 18.0 Å². The van der Waals surface area contributed by atoms with Crippen molar-refractivity contribution in [3.63, 3.8) is 0 Å². The summed E-state index contributed by atoms with van der Waals surface area (Å²) in [6.07, 6.45) is 2.15. The largest absolute Gasteiger partial charge is 0.390 e.